The van der Waals surface area contributed by atoms with Crippen LogP contribution in [-0.4, -0.2) is 37.3 Å². The van der Waals surface area contributed by atoms with E-state index in [-0.39, 0.29) is 17.9 Å². The predicted molar refractivity (Wildman–Crippen MR) is 68.8 cm³/mol. The lowest BCUT2D eigenvalue weighted by molar-refractivity contribution is -0.131. The van der Waals surface area contributed by atoms with Gasteiger partial charge in [-0.3, -0.25) is 4.79 Å². The fraction of sp³-hybridized carbons (Fsp3) is 0.923. The second-order valence-corrected chi connectivity index (χ2v) is 5.20. The molecular formula is C13H26N2O2. The van der Waals surface area contributed by atoms with Crippen molar-refractivity contribution in [2.45, 2.75) is 45.4 Å². The average molecular weight is 242 g/mol. The van der Waals surface area contributed by atoms with Crippen molar-refractivity contribution in [3.8, 4) is 0 Å². The Labute approximate surface area is 104 Å². The lowest BCUT2D eigenvalue weighted by Crippen LogP contribution is -2.46. The fourth-order valence-corrected chi connectivity index (χ4v) is 2.21. The minimum atomic E-state index is -0.170. The number of piperidine rings is 1. The normalized spacial score (nSPS) is 18.9. The summed E-state index contributed by atoms with van der Waals surface area (Å²) in [5.74, 6) is 0.209. The number of hydrogen-bond acceptors (Lipinski definition) is 3. The SMILES string of the molecule is CC1(C(=O)NCCCCCCO)CCNCC1. The maximum Gasteiger partial charge on any atom is 0.226 e. The summed E-state index contributed by atoms with van der Waals surface area (Å²) in [5, 5.41) is 15.0. The Morgan fingerprint density at radius 1 is 1.24 bits per heavy atom. The molecule has 0 spiro atoms. The molecule has 0 aromatic rings. The molecule has 1 rings (SSSR count). The van der Waals surface area contributed by atoms with Gasteiger partial charge in [-0.1, -0.05) is 19.8 Å². The molecule has 0 aliphatic carbocycles. The van der Waals surface area contributed by atoms with Crippen LogP contribution in [0, 0.1) is 5.41 Å². The van der Waals surface area contributed by atoms with E-state index >= 15 is 0 Å². The van der Waals surface area contributed by atoms with Gasteiger partial charge in [-0.2, -0.15) is 0 Å². The molecule has 1 aliphatic rings. The van der Waals surface area contributed by atoms with Gasteiger partial charge in [-0.25, -0.2) is 0 Å². The summed E-state index contributed by atoms with van der Waals surface area (Å²) in [6, 6.07) is 0. The van der Waals surface area contributed by atoms with E-state index in [0.717, 1.165) is 58.2 Å². The monoisotopic (exact) mass is 242 g/mol. The molecule has 17 heavy (non-hydrogen) atoms. The quantitative estimate of drug-likeness (QED) is 0.585. The first-order valence-electron chi connectivity index (χ1n) is 6.79. The Balaban J connectivity index is 2.11. The molecule has 0 bridgehead atoms. The number of aliphatic hydroxyl groups excluding tert-OH is 1. The van der Waals surface area contributed by atoms with Crippen molar-refractivity contribution in [1.29, 1.82) is 0 Å². The van der Waals surface area contributed by atoms with Crippen molar-refractivity contribution in [3.63, 3.8) is 0 Å². The smallest absolute Gasteiger partial charge is 0.226 e. The molecule has 1 saturated heterocycles. The van der Waals surface area contributed by atoms with Gasteiger partial charge in [0.25, 0.3) is 0 Å². The van der Waals surface area contributed by atoms with Crippen molar-refractivity contribution in [1.82, 2.24) is 10.6 Å². The maximum atomic E-state index is 12.0. The zero-order chi connectivity index (χ0) is 12.6. The summed E-state index contributed by atoms with van der Waals surface area (Å²) in [5.41, 5.74) is -0.170. The van der Waals surface area contributed by atoms with Crippen molar-refractivity contribution in [2.24, 2.45) is 5.41 Å². The van der Waals surface area contributed by atoms with Crippen molar-refractivity contribution >= 4 is 5.91 Å². The van der Waals surface area contributed by atoms with E-state index in [4.69, 9.17) is 5.11 Å². The molecule has 100 valence electrons. The van der Waals surface area contributed by atoms with Crippen LogP contribution in [0.25, 0.3) is 0 Å². The van der Waals surface area contributed by atoms with Gasteiger partial charge >= 0.3 is 0 Å². The van der Waals surface area contributed by atoms with E-state index in [9.17, 15) is 4.79 Å². The third-order valence-corrected chi connectivity index (χ3v) is 3.63. The summed E-state index contributed by atoms with van der Waals surface area (Å²) >= 11 is 0. The van der Waals surface area contributed by atoms with Crippen LogP contribution in [-0.2, 0) is 4.79 Å². The summed E-state index contributed by atoms with van der Waals surface area (Å²) < 4.78 is 0. The Hall–Kier alpha value is -0.610. The van der Waals surface area contributed by atoms with Crippen LogP contribution in [0.2, 0.25) is 0 Å². The number of rotatable bonds is 7. The Morgan fingerprint density at radius 3 is 2.53 bits per heavy atom. The zero-order valence-electron chi connectivity index (χ0n) is 10.9. The van der Waals surface area contributed by atoms with E-state index < -0.39 is 0 Å². The zero-order valence-corrected chi connectivity index (χ0v) is 10.9. The highest BCUT2D eigenvalue weighted by molar-refractivity contribution is 5.82. The Kier molecular flexibility index (Phi) is 6.52. The van der Waals surface area contributed by atoms with Gasteiger partial charge in [0.2, 0.25) is 5.91 Å². The van der Waals surface area contributed by atoms with Crippen LogP contribution in [0.5, 0.6) is 0 Å². The van der Waals surface area contributed by atoms with E-state index in [1.54, 1.807) is 0 Å². The highest BCUT2D eigenvalue weighted by atomic mass is 16.2. The number of carbonyl (C=O) groups is 1. The third-order valence-electron chi connectivity index (χ3n) is 3.63. The number of amides is 1. The van der Waals surface area contributed by atoms with Crippen LogP contribution in [0.3, 0.4) is 0 Å². The Morgan fingerprint density at radius 2 is 1.88 bits per heavy atom. The van der Waals surface area contributed by atoms with Gasteiger partial charge < -0.3 is 15.7 Å². The number of nitrogens with one attached hydrogen (secondary N) is 2. The van der Waals surface area contributed by atoms with Crippen LogP contribution in [0.15, 0.2) is 0 Å². The molecule has 0 aromatic carbocycles. The van der Waals surface area contributed by atoms with E-state index in [0.29, 0.717) is 0 Å². The molecule has 0 radical (unpaired) electrons. The minimum absolute atomic E-state index is 0.170. The maximum absolute atomic E-state index is 12.0. The van der Waals surface area contributed by atoms with Gasteiger partial charge in [-0.05, 0) is 38.8 Å². The van der Waals surface area contributed by atoms with Crippen LogP contribution in [0.1, 0.15) is 45.4 Å². The first-order valence-corrected chi connectivity index (χ1v) is 6.79. The molecule has 1 fully saturated rings. The molecule has 3 N–H and O–H groups in total. The van der Waals surface area contributed by atoms with Gasteiger partial charge in [-0.15, -0.1) is 0 Å². The molecule has 4 heteroatoms. The largest absolute Gasteiger partial charge is 0.396 e. The van der Waals surface area contributed by atoms with Crippen molar-refractivity contribution in [2.75, 3.05) is 26.2 Å². The fourth-order valence-electron chi connectivity index (χ4n) is 2.21. The highest BCUT2D eigenvalue weighted by Gasteiger charge is 2.33. The summed E-state index contributed by atoms with van der Waals surface area (Å²) in [4.78, 5) is 12.0. The van der Waals surface area contributed by atoms with E-state index in [1.807, 2.05) is 0 Å². The van der Waals surface area contributed by atoms with E-state index in [2.05, 4.69) is 17.6 Å². The molecule has 0 aromatic heterocycles. The van der Waals surface area contributed by atoms with E-state index in [1.165, 1.54) is 0 Å². The van der Waals surface area contributed by atoms with Gasteiger partial charge in [0.05, 0.1) is 0 Å². The number of hydrogen-bond donors (Lipinski definition) is 3. The van der Waals surface area contributed by atoms with Gasteiger partial charge in [0, 0.05) is 18.6 Å². The molecule has 1 heterocycles. The number of unbranched alkanes of at least 4 members (excludes halogenated alkanes) is 3. The lowest BCUT2D eigenvalue weighted by Gasteiger charge is -2.32. The molecule has 1 amide bonds. The Bertz CT molecular complexity index is 225. The first-order chi connectivity index (χ1) is 8.19. The molecular weight excluding hydrogens is 216 g/mol. The van der Waals surface area contributed by atoms with Crippen LogP contribution < -0.4 is 10.6 Å². The second-order valence-electron chi connectivity index (χ2n) is 5.20. The summed E-state index contributed by atoms with van der Waals surface area (Å²) in [7, 11) is 0. The predicted octanol–water partition coefficient (Wildman–Crippen LogP) is 1.04. The van der Waals surface area contributed by atoms with Gasteiger partial charge in [0.1, 0.15) is 0 Å². The third kappa shape index (κ3) is 5.04. The molecule has 0 atom stereocenters. The second kappa shape index (κ2) is 7.67. The molecule has 0 saturated carbocycles. The highest BCUT2D eigenvalue weighted by Crippen LogP contribution is 2.27. The summed E-state index contributed by atoms with van der Waals surface area (Å²) in [6.07, 6.45) is 5.89. The molecule has 1 aliphatic heterocycles. The topological polar surface area (TPSA) is 61.4 Å². The number of aliphatic hydroxyl groups is 1. The minimum Gasteiger partial charge on any atom is -0.396 e. The first kappa shape index (κ1) is 14.5. The lowest BCUT2D eigenvalue weighted by atomic mass is 9.80. The number of carbonyl (C=O) groups excluding carboxylic acids is 1. The van der Waals surface area contributed by atoms with Crippen LogP contribution >= 0.6 is 0 Å². The summed E-state index contributed by atoms with van der Waals surface area (Å²) in [6.45, 7) is 5.00. The van der Waals surface area contributed by atoms with Crippen molar-refractivity contribution in [3.05, 3.63) is 0 Å². The average Bonchev–Trinajstić information content (AvgIpc) is 2.34. The van der Waals surface area contributed by atoms with Crippen LogP contribution in [0.4, 0.5) is 0 Å². The molecule has 0 unspecified atom stereocenters. The van der Waals surface area contributed by atoms with Gasteiger partial charge in [0.15, 0.2) is 0 Å². The standard InChI is InChI=1S/C13H26N2O2/c1-13(6-9-14-10-7-13)12(17)15-8-4-2-3-5-11-16/h14,16H,2-11H2,1H3,(H,15,17). The van der Waals surface area contributed by atoms with Crippen molar-refractivity contribution < 1.29 is 9.90 Å². The molecule has 4 nitrogen and oxygen atoms in total.